The van der Waals surface area contributed by atoms with Crippen LogP contribution in [-0.2, 0) is 0 Å². The second-order valence-corrected chi connectivity index (χ2v) is 4.19. The van der Waals surface area contributed by atoms with Crippen LogP contribution in [0.5, 0.6) is 0 Å². The van der Waals surface area contributed by atoms with Crippen molar-refractivity contribution in [2.24, 2.45) is 0 Å². The molecule has 2 heteroatoms. The first kappa shape index (κ1) is 9.49. The molecular formula is C14H10ClN. The van der Waals surface area contributed by atoms with E-state index in [0.29, 0.717) is 0 Å². The van der Waals surface area contributed by atoms with Crippen molar-refractivity contribution in [2.75, 3.05) is 0 Å². The molecule has 0 atom stereocenters. The summed E-state index contributed by atoms with van der Waals surface area (Å²) in [5.41, 5.74) is 3.51. The fourth-order valence-corrected chi connectivity index (χ4v) is 2.18. The van der Waals surface area contributed by atoms with Crippen molar-refractivity contribution < 1.29 is 0 Å². The minimum Gasteiger partial charge on any atom is -0.361 e. The average Bonchev–Trinajstić information content (AvgIpc) is 2.76. The number of rotatable bonds is 1. The van der Waals surface area contributed by atoms with Crippen molar-refractivity contribution in [1.82, 2.24) is 4.98 Å². The third-order valence-corrected chi connectivity index (χ3v) is 2.97. The Morgan fingerprint density at radius 3 is 2.69 bits per heavy atom. The Morgan fingerprint density at radius 2 is 1.81 bits per heavy atom. The molecule has 0 radical (unpaired) electrons. The van der Waals surface area contributed by atoms with E-state index in [1.807, 2.05) is 24.4 Å². The van der Waals surface area contributed by atoms with E-state index in [1.54, 1.807) is 0 Å². The Kier molecular flexibility index (Phi) is 2.19. The molecule has 0 unspecified atom stereocenters. The van der Waals surface area contributed by atoms with Gasteiger partial charge in [-0.3, -0.25) is 0 Å². The summed E-state index contributed by atoms with van der Waals surface area (Å²) in [6, 6.07) is 16.3. The molecule has 0 aliphatic heterocycles. The van der Waals surface area contributed by atoms with E-state index in [-0.39, 0.29) is 0 Å². The molecule has 16 heavy (non-hydrogen) atoms. The van der Waals surface area contributed by atoms with Gasteiger partial charge in [0.05, 0.1) is 0 Å². The first-order chi connectivity index (χ1) is 7.84. The van der Waals surface area contributed by atoms with Crippen LogP contribution in [0.3, 0.4) is 0 Å². The second kappa shape index (κ2) is 3.69. The van der Waals surface area contributed by atoms with E-state index in [9.17, 15) is 0 Å². The zero-order valence-electron chi connectivity index (χ0n) is 8.57. The van der Waals surface area contributed by atoms with Crippen molar-refractivity contribution in [1.29, 1.82) is 0 Å². The molecule has 2 aromatic carbocycles. The summed E-state index contributed by atoms with van der Waals surface area (Å²) in [5, 5.41) is 2.00. The Bertz CT molecular complexity index is 640. The van der Waals surface area contributed by atoms with Crippen LogP contribution in [0.15, 0.2) is 54.7 Å². The lowest BCUT2D eigenvalue weighted by Crippen LogP contribution is -1.78. The molecule has 78 valence electrons. The van der Waals surface area contributed by atoms with Gasteiger partial charge >= 0.3 is 0 Å². The third kappa shape index (κ3) is 1.50. The van der Waals surface area contributed by atoms with Gasteiger partial charge in [-0.1, -0.05) is 35.9 Å². The highest BCUT2D eigenvalue weighted by molar-refractivity contribution is 6.30. The van der Waals surface area contributed by atoms with E-state index in [0.717, 1.165) is 16.1 Å². The molecule has 0 bridgehead atoms. The topological polar surface area (TPSA) is 15.8 Å². The van der Waals surface area contributed by atoms with Gasteiger partial charge in [0.25, 0.3) is 0 Å². The summed E-state index contributed by atoms with van der Waals surface area (Å²) in [6.07, 6.45) is 1.96. The minimum absolute atomic E-state index is 0.769. The molecule has 1 nitrogen and oxygen atoms in total. The number of H-pyrrole nitrogens is 1. The minimum atomic E-state index is 0.769. The Morgan fingerprint density at radius 1 is 0.938 bits per heavy atom. The second-order valence-electron chi connectivity index (χ2n) is 3.75. The number of nitrogens with one attached hydrogen (secondary N) is 1. The van der Waals surface area contributed by atoms with Crippen molar-refractivity contribution in [2.45, 2.75) is 0 Å². The number of hydrogen-bond donors (Lipinski definition) is 1. The Hall–Kier alpha value is -1.73. The molecular weight excluding hydrogens is 218 g/mol. The highest BCUT2D eigenvalue weighted by Gasteiger charge is 2.03. The van der Waals surface area contributed by atoms with Crippen LogP contribution in [-0.4, -0.2) is 4.98 Å². The molecule has 1 aromatic heterocycles. The van der Waals surface area contributed by atoms with Gasteiger partial charge in [-0.05, 0) is 35.4 Å². The van der Waals surface area contributed by atoms with Gasteiger partial charge < -0.3 is 4.98 Å². The maximum absolute atomic E-state index is 6.01. The maximum atomic E-state index is 6.01. The molecule has 1 heterocycles. The lowest BCUT2D eigenvalue weighted by Gasteiger charge is -2.03. The van der Waals surface area contributed by atoms with Crippen LogP contribution in [0, 0.1) is 0 Å². The highest BCUT2D eigenvalue weighted by atomic mass is 35.5. The summed E-state index contributed by atoms with van der Waals surface area (Å²) >= 11 is 6.01. The monoisotopic (exact) mass is 227 g/mol. The quantitative estimate of drug-likeness (QED) is 0.631. The summed E-state index contributed by atoms with van der Waals surface area (Å²) in [6.45, 7) is 0. The van der Waals surface area contributed by atoms with Crippen LogP contribution in [0.1, 0.15) is 0 Å². The molecule has 0 aliphatic rings. The number of aromatic nitrogens is 1. The largest absolute Gasteiger partial charge is 0.361 e. The SMILES string of the molecule is Clc1cccc(-c2cccc3[nH]ccc23)c1. The van der Waals surface area contributed by atoms with Gasteiger partial charge in [-0.15, -0.1) is 0 Å². The zero-order valence-corrected chi connectivity index (χ0v) is 9.33. The first-order valence-electron chi connectivity index (χ1n) is 5.17. The van der Waals surface area contributed by atoms with E-state index >= 15 is 0 Å². The standard InChI is InChI=1S/C14H10ClN/c15-11-4-1-3-10(9-11)12-5-2-6-14-13(12)7-8-16-14/h1-9,16H. The summed E-state index contributed by atoms with van der Waals surface area (Å²) in [7, 11) is 0. The number of aromatic amines is 1. The van der Waals surface area contributed by atoms with Crippen LogP contribution in [0.4, 0.5) is 0 Å². The van der Waals surface area contributed by atoms with Gasteiger partial charge in [-0.25, -0.2) is 0 Å². The molecule has 3 aromatic rings. The van der Waals surface area contributed by atoms with Crippen LogP contribution < -0.4 is 0 Å². The average molecular weight is 228 g/mol. The highest BCUT2D eigenvalue weighted by Crippen LogP contribution is 2.29. The fourth-order valence-electron chi connectivity index (χ4n) is 1.99. The van der Waals surface area contributed by atoms with Crippen molar-refractivity contribution in [3.8, 4) is 11.1 Å². The predicted octanol–water partition coefficient (Wildman–Crippen LogP) is 4.49. The number of hydrogen-bond acceptors (Lipinski definition) is 0. The van der Waals surface area contributed by atoms with E-state index in [2.05, 4.69) is 35.3 Å². The van der Waals surface area contributed by atoms with Crippen LogP contribution in [0.2, 0.25) is 5.02 Å². The molecule has 0 saturated carbocycles. The van der Waals surface area contributed by atoms with Crippen LogP contribution >= 0.6 is 11.6 Å². The van der Waals surface area contributed by atoms with Gasteiger partial charge in [0.1, 0.15) is 0 Å². The molecule has 0 amide bonds. The van der Waals surface area contributed by atoms with E-state index in [4.69, 9.17) is 11.6 Å². The first-order valence-corrected chi connectivity index (χ1v) is 5.54. The van der Waals surface area contributed by atoms with Gasteiger partial charge in [0.15, 0.2) is 0 Å². The van der Waals surface area contributed by atoms with Crippen molar-refractivity contribution in [3.63, 3.8) is 0 Å². The molecule has 0 spiro atoms. The van der Waals surface area contributed by atoms with E-state index < -0.39 is 0 Å². The summed E-state index contributed by atoms with van der Waals surface area (Å²) in [4.78, 5) is 3.21. The van der Waals surface area contributed by atoms with Crippen molar-refractivity contribution in [3.05, 3.63) is 59.8 Å². The molecule has 3 rings (SSSR count). The lowest BCUT2D eigenvalue weighted by molar-refractivity contribution is 1.48. The summed E-state index contributed by atoms with van der Waals surface area (Å²) < 4.78 is 0. The van der Waals surface area contributed by atoms with Gasteiger partial charge in [0, 0.05) is 22.1 Å². The Labute approximate surface area is 98.7 Å². The van der Waals surface area contributed by atoms with E-state index in [1.165, 1.54) is 10.9 Å². The molecule has 1 N–H and O–H groups in total. The molecule has 0 aliphatic carbocycles. The van der Waals surface area contributed by atoms with Gasteiger partial charge in [0.2, 0.25) is 0 Å². The Balaban J connectivity index is 2.29. The third-order valence-electron chi connectivity index (χ3n) is 2.73. The van der Waals surface area contributed by atoms with Gasteiger partial charge in [-0.2, -0.15) is 0 Å². The smallest absolute Gasteiger partial charge is 0.0460 e. The number of fused-ring (bicyclic) bond motifs is 1. The fraction of sp³-hybridized carbons (Fsp3) is 0. The van der Waals surface area contributed by atoms with Crippen molar-refractivity contribution >= 4 is 22.5 Å². The predicted molar refractivity (Wildman–Crippen MR) is 68.7 cm³/mol. The maximum Gasteiger partial charge on any atom is 0.0460 e. The molecule has 0 fully saturated rings. The van der Waals surface area contributed by atoms with Crippen LogP contribution in [0.25, 0.3) is 22.0 Å². The normalized spacial score (nSPS) is 10.8. The number of halogens is 1. The number of benzene rings is 2. The molecule has 0 saturated heterocycles. The lowest BCUT2D eigenvalue weighted by atomic mass is 10.0. The zero-order chi connectivity index (χ0) is 11.0. The summed E-state index contributed by atoms with van der Waals surface area (Å²) in [5.74, 6) is 0.